The quantitative estimate of drug-likeness (QED) is 0.383. The van der Waals surface area contributed by atoms with Crippen molar-refractivity contribution >= 4 is 29.1 Å². The van der Waals surface area contributed by atoms with Crippen molar-refractivity contribution in [3.8, 4) is 11.5 Å². The highest BCUT2D eigenvalue weighted by molar-refractivity contribution is 6.30. The highest BCUT2D eigenvalue weighted by atomic mass is 35.5. The Morgan fingerprint density at radius 1 is 1.14 bits per heavy atom. The summed E-state index contributed by atoms with van der Waals surface area (Å²) in [5.41, 5.74) is 5.04. The molecule has 154 valence electrons. The number of halogens is 1. The minimum Gasteiger partial charge on any atom is -0.493 e. The molecule has 0 fully saturated rings. The molecule has 0 heterocycles. The number of hydrogen-bond acceptors (Lipinski definition) is 6. The first-order valence-corrected chi connectivity index (χ1v) is 9.00. The fourth-order valence-corrected chi connectivity index (χ4v) is 2.65. The van der Waals surface area contributed by atoms with E-state index < -0.39 is 16.7 Å². The maximum atomic E-state index is 12.1. The maximum Gasteiger partial charge on any atom is 0.311 e. The van der Waals surface area contributed by atoms with Gasteiger partial charge in [0.1, 0.15) is 5.75 Å². The first-order chi connectivity index (χ1) is 13.8. The molecule has 2 aromatic rings. The van der Waals surface area contributed by atoms with Gasteiger partial charge >= 0.3 is 5.69 Å². The van der Waals surface area contributed by atoms with Gasteiger partial charge < -0.3 is 9.47 Å². The highest BCUT2D eigenvalue weighted by Crippen LogP contribution is 2.27. The SMILES string of the molecule is COc1ccc(C(=O)NNC(=O)CCCOc2ccc(Cl)cc2C)cc1[N+](=O)[O-]. The molecular formula is C19H20ClN3O6. The number of carbonyl (C=O) groups is 2. The van der Waals surface area contributed by atoms with Crippen LogP contribution in [0.3, 0.4) is 0 Å². The van der Waals surface area contributed by atoms with Crippen LogP contribution in [-0.2, 0) is 4.79 Å². The van der Waals surface area contributed by atoms with Crippen LogP contribution in [0, 0.1) is 17.0 Å². The smallest absolute Gasteiger partial charge is 0.311 e. The Morgan fingerprint density at radius 3 is 2.52 bits per heavy atom. The van der Waals surface area contributed by atoms with Gasteiger partial charge in [0, 0.05) is 23.1 Å². The molecule has 0 radical (unpaired) electrons. The third-order valence-corrected chi connectivity index (χ3v) is 4.13. The van der Waals surface area contributed by atoms with Crippen molar-refractivity contribution in [2.45, 2.75) is 19.8 Å². The molecule has 0 aliphatic carbocycles. The molecule has 29 heavy (non-hydrogen) atoms. The van der Waals surface area contributed by atoms with Crippen LogP contribution in [0.2, 0.25) is 5.02 Å². The van der Waals surface area contributed by atoms with E-state index >= 15 is 0 Å². The van der Waals surface area contributed by atoms with Crippen LogP contribution in [0.1, 0.15) is 28.8 Å². The number of aryl methyl sites for hydroxylation is 1. The summed E-state index contributed by atoms with van der Waals surface area (Å²) in [5.74, 6) is -0.384. The Kier molecular flexibility index (Phi) is 7.79. The van der Waals surface area contributed by atoms with Crippen LogP contribution in [0.4, 0.5) is 5.69 Å². The number of nitrogens with zero attached hydrogens (tertiary/aromatic N) is 1. The molecule has 2 amide bonds. The average molecular weight is 422 g/mol. The van der Waals surface area contributed by atoms with Gasteiger partial charge in [-0.1, -0.05) is 11.6 Å². The standard InChI is InChI=1S/C19H20ClN3O6/c1-12-10-14(20)6-8-16(12)29-9-3-4-18(24)21-22-19(25)13-5-7-17(28-2)15(11-13)23(26)27/h5-8,10-11H,3-4,9H2,1-2H3,(H,21,24)(H,22,25). The predicted molar refractivity (Wildman–Crippen MR) is 106 cm³/mol. The molecule has 2 aromatic carbocycles. The molecule has 0 aliphatic heterocycles. The summed E-state index contributed by atoms with van der Waals surface area (Å²) in [6.45, 7) is 2.18. The number of benzene rings is 2. The van der Waals surface area contributed by atoms with E-state index in [1.165, 1.54) is 19.2 Å². The van der Waals surface area contributed by atoms with Crippen LogP contribution in [0.15, 0.2) is 36.4 Å². The molecular weight excluding hydrogens is 402 g/mol. The highest BCUT2D eigenvalue weighted by Gasteiger charge is 2.18. The fourth-order valence-electron chi connectivity index (χ4n) is 2.42. The van der Waals surface area contributed by atoms with Crippen molar-refractivity contribution < 1.29 is 24.0 Å². The molecule has 0 atom stereocenters. The van der Waals surface area contributed by atoms with Crippen molar-refractivity contribution in [3.05, 3.63) is 62.7 Å². The Bertz CT molecular complexity index is 919. The van der Waals surface area contributed by atoms with Gasteiger partial charge in [0.25, 0.3) is 5.91 Å². The number of rotatable bonds is 8. The van der Waals surface area contributed by atoms with Crippen molar-refractivity contribution in [2.75, 3.05) is 13.7 Å². The second-order valence-electron chi connectivity index (χ2n) is 6.01. The molecule has 10 heteroatoms. The molecule has 0 spiro atoms. The first-order valence-electron chi connectivity index (χ1n) is 8.62. The number of nitro groups is 1. The van der Waals surface area contributed by atoms with E-state index in [0.717, 1.165) is 11.6 Å². The predicted octanol–water partition coefficient (Wildman–Crippen LogP) is 3.19. The summed E-state index contributed by atoms with van der Waals surface area (Å²) in [6.07, 6.45) is 0.549. The Balaban J connectivity index is 1.78. The van der Waals surface area contributed by atoms with Gasteiger partial charge in [0.15, 0.2) is 5.75 Å². The second-order valence-corrected chi connectivity index (χ2v) is 6.44. The van der Waals surface area contributed by atoms with E-state index in [1.54, 1.807) is 18.2 Å². The summed E-state index contributed by atoms with van der Waals surface area (Å²) in [5, 5.41) is 11.6. The Morgan fingerprint density at radius 2 is 1.86 bits per heavy atom. The molecule has 2 rings (SSSR count). The van der Waals surface area contributed by atoms with Gasteiger partial charge in [0.05, 0.1) is 18.6 Å². The first kappa shape index (κ1) is 22.0. The van der Waals surface area contributed by atoms with E-state index in [0.29, 0.717) is 23.8 Å². The summed E-state index contributed by atoms with van der Waals surface area (Å²) in [4.78, 5) is 34.3. The molecule has 2 N–H and O–H groups in total. The van der Waals surface area contributed by atoms with Gasteiger partial charge in [-0.05, 0) is 49.2 Å². The molecule has 0 saturated heterocycles. The lowest BCUT2D eigenvalue weighted by molar-refractivity contribution is -0.385. The normalized spacial score (nSPS) is 10.2. The topological polar surface area (TPSA) is 120 Å². The lowest BCUT2D eigenvalue weighted by atomic mass is 10.2. The van der Waals surface area contributed by atoms with Crippen molar-refractivity contribution in [3.63, 3.8) is 0 Å². The minimum atomic E-state index is -0.683. The van der Waals surface area contributed by atoms with Gasteiger partial charge in [-0.2, -0.15) is 0 Å². The number of carbonyl (C=O) groups excluding carboxylic acids is 2. The number of hydrazine groups is 1. The van der Waals surface area contributed by atoms with E-state index in [1.807, 2.05) is 6.92 Å². The fraction of sp³-hybridized carbons (Fsp3) is 0.263. The number of methoxy groups -OCH3 is 1. The monoisotopic (exact) mass is 421 g/mol. The van der Waals surface area contributed by atoms with Crippen LogP contribution >= 0.6 is 11.6 Å². The lowest BCUT2D eigenvalue weighted by Crippen LogP contribution is -2.41. The van der Waals surface area contributed by atoms with Gasteiger partial charge in [-0.15, -0.1) is 0 Å². The molecule has 9 nitrogen and oxygen atoms in total. The number of nitro benzene ring substituents is 1. The largest absolute Gasteiger partial charge is 0.493 e. The van der Waals surface area contributed by atoms with Crippen LogP contribution in [0.5, 0.6) is 11.5 Å². The van der Waals surface area contributed by atoms with Gasteiger partial charge in [-0.3, -0.25) is 30.6 Å². The zero-order valence-corrected chi connectivity index (χ0v) is 16.6. The zero-order chi connectivity index (χ0) is 21.4. The summed E-state index contributed by atoms with van der Waals surface area (Å²) in [6, 6.07) is 8.99. The van der Waals surface area contributed by atoms with Crippen LogP contribution in [0.25, 0.3) is 0 Å². The molecule has 0 saturated carbocycles. The van der Waals surface area contributed by atoms with Gasteiger partial charge in [-0.25, -0.2) is 0 Å². The Hall–Kier alpha value is -3.33. The van der Waals surface area contributed by atoms with E-state index in [2.05, 4.69) is 10.9 Å². The van der Waals surface area contributed by atoms with E-state index in [4.69, 9.17) is 21.1 Å². The second kappa shape index (κ2) is 10.3. The number of ether oxygens (including phenoxy) is 2. The summed E-state index contributed by atoms with van der Waals surface area (Å²) < 4.78 is 10.5. The van der Waals surface area contributed by atoms with E-state index in [9.17, 15) is 19.7 Å². The van der Waals surface area contributed by atoms with Crippen LogP contribution in [-0.4, -0.2) is 30.5 Å². The third kappa shape index (κ3) is 6.35. The van der Waals surface area contributed by atoms with Crippen molar-refractivity contribution in [1.82, 2.24) is 10.9 Å². The molecule has 0 unspecified atom stereocenters. The Labute approximate surface area is 172 Å². The van der Waals surface area contributed by atoms with Crippen LogP contribution < -0.4 is 20.3 Å². The number of amides is 2. The van der Waals surface area contributed by atoms with Gasteiger partial charge in [0.2, 0.25) is 5.91 Å². The summed E-state index contributed by atoms with van der Waals surface area (Å²) >= 11 is 5.88. The molecule has 0 aliphatic rings. The van der Waals surface area contributed by atoms with E-state index in [-0.39, 0.29) is 23.4 Å². The summed E-state index contributed by atoms with van der Waals surface area (Å²) in [7, 11) is 1.29. The lowest BCUT2D eigenvalue weighted by Gasteiger charge is -2.10. The maximum absolute atomic E-state index is 12.1. The van der Waals surface area contributed by atoms with Crippen molar-refractivity contribution in [2.24, 2.45) is 0 Å². The zero-order valence-electron chi connectivity index (χ0n) is 15.9. The van der Waals surface area contributed by atoms with Crippen molar-refractivity contribution in [1.29, 1.82) is 0 Å². The average Bonchev–Trinajstić information content (AvgIpc) is 2.70. The molecule has 0 aromatic heterocycles. The third-order valence-electron chi connectivity index (χ3n) is 3.90. The minimum absolute atomic E-state index is 0.0133. The number of nitrogens with one attached hydrogen (secondary N) is 2. The number of hydrogen-bond donors (Lipinski definition) is 2. The molecule has 0 bridgehead atoms.